The molecule has 0 N–H and O–H groups in total. The third-order valence-electron chi connectivity index (χ3n) is 3.75. The minimum Gasteiger partial charge on any atom is -0.151 e. The SMILES string of the molecule is Cc1ccc(-c2ccc(-c3sc(C)cc3S)c3cscc23)s1. The van der Waals surface area contributed by atoms with E-state index in [1.807, 2.05) is 22.7 Å². The molecule has 3 aromatic heterocycles. The number of fused-ring (bicyclic) bond motifs is 1. The molecule has 4 heteroatoms. The second-order valence-corrected chi connectivity index (χ2v) is 9.11. The van der Waals surface area contributed by atoms with E-state index in [0.717, 1.165) is 4.90 Å². The molecule has 110 valence electrons. The summed E-state index contributed by atoms with van der Waals surface area (Å²) in [5.41, 5.74) is 2.64. The molecule has 0 fully saturated rings. The predicted molar refractivity (Wildman–Crippen MR) is 105 cm³/mol. The molecule has 0 unspecified atom stereocenters. The lowest BCUT2D eigenvalue weighted by Crippen LogP contribution is -1.79. The number of hydrogen-bond acceptors (Lipinski definition) is 4. The van der Waals surface area contributed by atoms with Crippen LogP contribution in [0.2, 0.25) is 0 Å². The van der Waals surface area contributed by atoms with Crippen LogP contribution in [0.15, 0.2) is 46.0 Å². The molecule has 0 aliphatic rings. The molecule has 0 amide bonds. The maximum atomic E-state index is 4.65. The lowest BCUT2D eigenvalue weighted by atomic mass is 10.0. The average molecular weight is 359 g/mol. The Bertz CT molecular complexity index is 968. The molecule has 22 heavy (non-hydrogen) atoms. The van der Waals surface area contributed by atoms with Crippen molar-refractivity contribution in [3.8, 4) is 20.9 Å². The highest BCUT2D eigenvalue weighted by Crippen LogP contribution is 2.43. The van der Waals surface area contributed by atoms with E-state index in [2.05, 4.69) is 67.6 Å². The maximum Gasteiger partial charge on any atom is 0.0485 e. The van der Waals surface area contributed by atoms with Crippen molar-refractivity contribution in [3.63, 3.8) is 0 Å². The smallest absolute Gasteiger partial charge is 0.0485 e. The van der Waals surface area contributed by atoms with Crippen molar-refractivity contribution in [1.82, 2.24) is 0 Å². The molecular formula is C18H14S4. The van der Waals surface area contributed by atoms with Crippen LogP contribution < -0.4 is 0 Å². The van der Waals surface area contributed by atoms with Crippen LogP contribution in [-0.4, -0.2) is 0 Å². The second kappa shape index (κ2) is 5.53. The van der Waals surface area contributed by atoms with Crippen molar-refractivity contribution in [2.75, 3.05) is 0 Å². The Morgan fingerprint density at radius 1 is 0.818 bits per heavy atom. The van der Waals surface area contributed by atoms with E-state index in [-0.39, 0.29) is 0 Å². The van der Waals surface area contributed by atoms with E-state index in [1.165, 1.54) is 41.4 Å². The van der Waals surface area contributed by atoms with Gasteiger partial charge in [-0.05, 0) is 42.8 Å². The fourth-order valence-corrected chi connectivity index (χ4v) is 5.99. The lowest BCUT2D eigenvalue weighted by Gasteiger charge is -2.07. The fraction of sp³-hybridized carbons (Fsp3) is 0.111. The van der Waals surface area contributed by atoms with Crippen molar-refractivity contribution in [3.05, 3.63) is 50.8 Å². The summed E-state index contributed by atoms with van der Waals surface area (Å²) in [4.78, 5) is 6.36. The topological polar surface area (TPSA) is 0 Å². The number of aryl methyl sites for hydroxylation is 2. The molecule has 3 heterocycles. The highest BCUT2D eigenvalue weighted by atomic mass is 32.1. The fourth-order valence-electron chi connectivity index (χ4n) is 2.75. The third kappa shape index (κ3) is 2.35. The van der Waals surface area contributed by atoms with Gasteiger partial charge in [-0.1, -0.05) is 12.1 Å². The number of thiol groups is 1. The van der Waals surface area contributed by atoms with E-state index in [9.17, 15) is 0 Å². The van der Waals surface area contributed by atoms with Gasteiger partial charge >= 0.3 is 0 Å². The second-order valence-electron chi connectivity index (χ2n) is 5.34. The first-order valence-corrected chi connectivity index (χ1v) is 10.0. The van der Waals surface area contributed by atoms with Crippen molar-refractivity contribution in [2.24, 2.45) is 0 Å². The van der Waals surface area contributed by atoms with Crippen LogP contribution in [0.5, 0.6) is 0 Å². The number of thiophene rings is 3. The Hall–Kier alpha value is -1.07. The first-order valence-electron chi connectivity index (χ1n) is 6.99. The Kier molecular flexibility index (Phi) is 3.65. The first-order chi connectivity index (χ1) is 10.6. The van der Waals surface area contributed by atoms with Crippen LogP contribution >= 0.6 is 46.6 Å². The van der Waals surface area contributed by atoms with Crippen LogP contribution in [0, 0.1) is 13.8 Å². The van der Waals surface area contributed by atoms with Gasteiger partial charge in [0, 0.05) is 46.3 Å². The van der Waals surface area contributed by atoms with Gasteiger partial charge in [-0.25, -0.2) is 0 Å². The minimum absolute atomic E-state index is 1.08. The van der Waals surface area contributed by atoms with E-state index in [0.29, 0.717) is 0 Å². The van der Waals surface area contributed by atoms with Crippen LogP contribution in [0.4, 0.5) is 0 Å². The van der Waals surface area contributed by atoms with E-state index in [4.69, 9.17) is 0 Å². The normalized spacial score (nSPS) is 11.4. The molecule has 0 saturated carbocycles. The summed E-state index contributed by atoms with van der Waals surface area (Å²) >= 11 is 10.1. The number of benzene rings is 1. The molecule has 0 aliphatic heterocycles. The summed E-state index contributed by atoms with van der Waals surface area (Å²) in [5, 5.41) is 7.22. The van der Waals surface area contributed by atoms with Gasteiger partial charge in [0.1, 0.15) is 0 Å². The van der Waals surface area contributed by atoms with Gasteiger partial charge in [0.15, 0.2) is 0 Å². The predicted octanol–water partition coefficient (Wildman–Crippen LogP) is 7.26. The van der Waals surface area contributed by atoms with Crippen molar-refractivity contribution in [2.45, 2.75) is 18.7 Å². The van der Waals surface area contributed by atoms with Crippen molar-refractivity contribution < 1.29 is 0 Å². The largest absolute Gasteiger partial charge is 0.151 e. The summed E-state index contributed by atoms with van der Waals surface area (Å²) in [7, 11) is 0. The Labute approximate surface area is 147 Å². The van der Waals surface area contributed by atoms with Crippen LogP contribution in [0.3, 0.4) is 0 Å². The van der Waals surface area contributed by atoms with E-state index in [1.54, 1.807) is 11.3 Å². The molecule has 0 bridgehead atoms. The molecule has 4 rings (SSSR count). The van der Waals surface area contributed by atoms with Gasteiger partial charge in [0.25, 0.3) is 0 Å². The zero-order chi connectivity index (χ0) is 15.3. The quantitative estimate of drug-likeness (QED) is 0.358. The Balaban J connectivity index is 1.97. The highest BCUT2D eigenvalue weighted by molar-refractivity contribution is 7.80. The van der Waals surface area contributed by atoms with Crippen LogP contribution in [0.25, 0.3) is 31.7 Å². The summed E-state index contributed by atoms with van der Waals surface area (Å²) in [6.45, 7) is 4.30. The molecule has 0 spiro atoms. The third-order valence-corrected chi connectivity index (χ3v) is 7.11. The summed E-state index contributed by atoms with van der Waals surface area (Å²) in [6, 6.07) is 11.1. The monoisotopic (exact) mass is 358 g/mol. The van der Waals surface area contributed by atoms with Gasteiger partial charge in [0.2, 0.25) is 0 Å². The zero-order valence-corrected chi connectivity index (χ0v) is 15.6. The van der Waals surface area contributed by atoms with Crippen molar-refractivity contribution >= 4 is 57.4 Å². The standard InChI is InChI=1S/C18H14S4/c1-10-3-6-17(21-10)12-4-5-13(15-9-20-8-14(12)15)18-16(19)7-11(2)22-18/h3-9,19H,1-2H3. The number of hydrogen-bond donors (Lipinski definition) is 1. The van der Waals surface area contributed by atoms with E-state index >= 15 is 0 Å². The molecule has 0 radical (unpaired) electrons. The van der Waals surface area contributed by atoms with Crippen LogP contribution in [-0.2, 0) is 0 Å². The molecular weight excluding hydrogens is 344 g/mol. The van der Waals surface area contributed by atoms with Crippen LogP contribution in [0.1, 0.15) is 9.75 Å². The Morgan fingerprint density at radius 2 is 1.55 bits per heavy atom. The highest BCUT2D eigenvalue weighted by Gasteiger charge is 2.14. The average Bonchev–Trinajstić information content (AvgIpc) is 3.18. The molecule has 0 nitrogen and oxygen atoms in total. The summed E-state index contributed by atoms with van der Waals surface area (Å²) < 4.78 is 0. The molecule has 0 saturated heterocycles. The molecule has 4 aromatic rings. The molecule has 0 aliphatic carbocycles. The Morgan fingerprint density at radius 3 is 2.18 bits per heavy atom. The number of rotatable bonds is 2. The maximum absolute atomic E-state index is 4.65. The van der Waals surface area contributed by atoms with E-state index < -0.39 is 0 Å². The minimum atomic E-state index is 1.08. The summed E-state index contributed by atoms with van der Waals surface area (Å²) in [6.07, 6.45) is 0. The zero-order valence-electron chi connectivity index (χ0n) is 12.2. The van der Waals surface area contributed by atoms with Gasteiger partial charge in [-0.2, -0.15) is 11.3 Å². The van der Waals surface area contributed by atoms with Gasteiger partial charge in [-0.15, -0.1) is 35.3 Å². The molecule has 0 atom stereocenters. The van der Waals surface area contributed by atoms with Gasteiger partial charge < -0.3 is 0 Å². The van der Waals surface area contributed by atoms with Crippen molar-refractivity contribution in [1.29, 1.82) is 0 Å². The molecule has 1 aromatic carbocycles. The van der Waals surface area contributed by atoms with Gasteiger partial charge in [-0.3, -0.25) is 0 Å². The summed E-state index contributed by atoms with van der Waals surface area (Å²) in [5.74, 6) is 0. The first kappa shape index (κ1) is 14.5. The van der Waals surface area contributed by atoms with Gasteiger partial charge in [0.05, 0.1) is 0 Å². The lowest BCUT2D eigenvalue weighted by molar-refractivity contribution is 1.52.